The molecule has 0 unspecified atom stereocenters. The zero-order chi connectivity index (χ0) is 21.6. The highest BCUT2D eigenvalue weighted by molar-refractivity contribution is 6.32. The van der Waals surface area contributed by atoms with Crippen molar-refractivity contribution in [2.75, 3.05) is 32.1 Å². The van der Waals surface area contributed by atoms with E-state index in [1.807, 2.05) is 13.8 Å². The van der Waals surface area contributed by atoms with Crippen LogP contribution >= 0.6 is 11.6 Å². The number of rotatable bonds is 3. The van der Waals surface area contributed by atoms with Gasteiger partial charge in [-0.25, -0.2) is 14.4 Å². The van der Waals surface area contributed by atoms with Crippen molar-refractivity contribution in [3.8, 4) is 11.3 Å². The molecule has 7 nitrogen and oxygen atoms in total. The van der Waals surface area contributed by atoms with Crippen LogP contribution in [0.4, 0.5) is 10.3 Å². The molecule has 2 aliphatic heterocycles. The van der Waals surface area contributed by atoms with Crippen molar-refractivity contribution in [2.24, 2.45) is 0 Å². The van der Waals surface area contributed by atoms with Crippen molar-refractivity contribution in [3.05, 3.63) is 40.3 Å². The zero-order valence-corrected chi connectivity index (χ0v) is 17.8. The Morgan fingerprint density at radius 3 is 2.90 bits per heavy atom. The van der Waals surface area contributed by atoms with E-state index < -0.39 is 17.3 Å². The number of nitrogens with zero attached hydrogens (tertiary/aromatic N) is 3. The van der Waals surface area contributed by atoms with Crippen molar-refractivity contribution in [1.29, 1.82) is 0 Å². The number of benzene rings is 1. The van der Waals surface area contributed by atoms with Crippen LogP contribution in [0.5, 0.6) is 0 Å². The fourth-order valence-corrected chi connectivity index (χ4v) is 4.33. The second-order valence-electron chi connectivity index (χ2n) is 8.50. The molecule has 2 atom stereocenters. The lowest BCUT2D eigenvalue weighted by molar-refractivity contribution is -0.0136. The summed E-state index contributed by atoms with van der Waals surface area (Å²) in [5, 5.41) is 13.5. The molecule has 2 aliphatic rings. The van der Waals surface area contributed by atoms with Crippen molar-refractivity contribution < 1.29 is 19.0 Å². The first-order chi connectivity index (χ1) is 14.2. The molecule has 9 heteroatoms. The van der Waals surface area contributed by atoms with Crippen LogP contribution in [0.1, 0.15) is 36.2 Å². The molecule has 160 valence electrons. The Morgan fingerprint density at radius 1 is 1.40 bits per heavy atom. The topological polar surface area (TPSA) is 87.6 Å². The van der Waals surface area contributed by atoms with Gasteiger partial charge in [-0.15, -0.1) is 0 Å². The number of hydrogen-bond donors (Lipinski definition) is 2. The lowest BCUT2D eigenvalue weighted by Gasteiger charge is -2.38. The molecule has 2 aromatic rings. The molecule has 1 saturated heterocycles. The number of amides is 1. The Morgan fingerprint density at radius 2 is 2.17 bits per heavy atom. The summed E-state index contributed by atoms with van der Waals surface area (Å²) in [7, 11) is 1.67. The van der Waals surface area contributed by atoms with Gasteiger partial charge < -0.3 is 20.1 Å². The minimum absolute atomic E-state index is 0.0892. The summed E-state index contributed by atoms with van der Waals surface area (Å²) in [6, 6.07) is 2.82. The van der Waals surface area contributed by atoms with Crippen LogP contribution < -0.4 is 5.32 Å². The quantitative estimate of drug-likeness (QED) is 0.772. The lowest BCUT2D eigenvalue weighted by atomic mass is 9.77. The summed E-state index contributed by atoms with van der Waals surface area (Å²) in [5.74, 6) is -0.650. The maximum Gasteiger partial charge on any atom is 0.256 e. The summed E-state index contributed by atoms with van der Waals surface area (Å²) >= 11 is 6.34. The number of aromatic nitrogens is 2. The van der Waals surface area contributed by atoms with E-state index in [4.69, 9.17) is 16.3 Å². The van der Waals surface area contributed by atoms with Gasteiger partial charge in [0.1, 0.15) is 5.82 Å². The summed E-state index contributed by atoms with van der Waals surface area (Å²) < 4.78 is 20.3. The maximum atomic E-state index is 15.0. The van der Waals surface area contributed by atoms with Gasteiger partial charge in [-0.2, -0.15) is 0 Å². The first kappa shape index (κ1) is 21.0. The number of aliphatic hydroxyl groups is 1. The zero-order valence-electron chi connectivity index (χ0n) is 17.1. The summed E-state index contributed by atoms with van der Waals surface area (Å²) in [5.41, 5.74) is 1.12. The van der Waals surface area contributed by atoms with Crippen molar-refractivity contribution in [3.63, 3.8) is 0 Å². The van der Waals surface area contributed by atoms with Gasteiger partial charge in [0.15, 0.2) is 0 Å². The molecule has 0 aliphatic carbocycles. The Balaban J connectivity index is 1.74. The smallest absolute Gasteiger partial charge is 0.256 e. The van der Waals surface area contributed by atoms with E-state index in [0.29, 0.717) is 36.4 Å². The number of aliphatic hydroxyl groups excluding tert-OH is 1. The van der Waals surface area contributed by atoms with E-state index in [9.17, 15) is 9.90 Å². The molecule has 0 saturated carbocycles. The third kappa shape index (κ3) is 3.75. The van der Waals surface area contributed by atoms with Gasteiger partial charge >= 0.3 is 0 Å². The van der Waals surface area contributed by atoms with Crippen molar-refractivity contribution in [1.82, 2.24) is 14.9 Å². The molecule has 4 rings (SSSR count). The third-order valence-electron chi connectivity index (χ3n) is 5.67. The molecule has 2 N–H and O–H groups in total. The van der Waals surface area contributed by atoms with Gasteiger partial charge in [0.25, 0.3) is 5.91 Å². The second kappa shape index (κ2) is 7.76. The molecule has 1 fully saturated rings. The second-order valence-corrected chi connectivity index (χ2v) is 8.90. The van der Waals surface area contributed by atoms with Gasteiger partial charge in [-0.1, -0.05) is 25.4 Å². The van der Waals surface area contributed by atoms with E-state index in [0.717, 1.165) is 0 Å². The maximum absolute atomic E-state index is 15.0. The number of likely N-dealkylation sites (N-methyl/N-ethyl adjacent to an activating group) is 1. The molecule has 3 heterocycles. The van der Waals surface area contributed by atoms with Crippen LogP contribution in [-0.2, 0) is 10.2 Å². The highest BCUT2D eigenvalue weighted by atomic mass is 35.5. The van der Waals surface area contributed by atoms with Gasteiger partial charge in [0.2, 0.25) is 5.95 Å². The minimum atomic E-state index is -0.675. The minimum Gasteiger partial charge on any atom is -0.389 e. The molecule has 0 bridgehead atoms. The monoisotopic (exact) mass is 434 g/mol. The average Bonchev–Trinajstić information content (AvgIpc) is 2.68. The van der Waals surface area contributed by atoms with Crippen LogP contribution in [0, 0.1) is 5.82 Å². The highest BCUT2D eigenvalue weighted by Crippen LogP contribution is 2.38. The van der Waals surface area contributed by atoms with E-state index >= 15 is 4.39 Å². The normalized spacial score (nSPS) is 23.3. The van der Waals surface area contributed by atoms with Crippen LogP contribution in [0.15, 0.2) is 18.3 Å². The summed E-state index contributed by atoms with van der Waals surface area (Å²) in [4.78, 5) is 22.7. The fourth-order valence-electron chi connectivity index (χ4n) is 4.13. The molecule has 1 aromatic heterocycles. The molecule has 30 heavy (non-hydrogen) atoms. The largest absolute Gasteiger partial charge is 0.389 e. The Labute approximate surface area is 179 Å². The molecular formula is C21H24ClFN4O3. The van der Waals surface area contributed by atoms with Crippen LogP contribution in [-0.4, -0.2) is 64.8 Å². The number of ether oxygens (including phenoxy) is 1. The third-order valence-corrected chi connectivity index (χ3v) is 5.95. The predicted octanol–water partition coefficient (Wildman–Crippen LogP) is 2.86. The number of carbonyl (C=O) groups is 1. The van der Waals surface area contributed by atoms with Crippen LogP contribution in [0.25, 0.3) is 11.3 Å². The number of fused-ring (bicyclic) bond motifs is 1. The Kier molecular flexibility index (Phi) is 5.42. The van der Waals surface area contributed by atoms with Crippen LogP contribution in [0.3, 0.4) is 0 Å². The molecule has 0 radical (unpaired) electrons. The first-order valence-corrected chi connectivity index (χ1v) is 10.2. The fraction of sp³-hybridized carbons (Fsp3) is 0.476. The predicted molar refractivity (Wildman–Crippen MR) is 111 cm³/mol. The first-order valence-electron chi connectivity index (χ1n) is 9.82. The SMILES string of the molecule is CN1CC(C)(C)c2cc(-c3nc(N[C@@H]4CCOC[C@H]4O)ncc3Cl)cc(F)c2C1=O. The molecular weight excluding hydrogens is 411 g/mol. The molecule has 1 amide bonds. The van der Waals surface area contributed by atoms with E-state index in [1.165, 1.54) is 17.2 Å². The Bertz CT molecular complexity index is 1000. The lowest BCUT2D eigenvalue weighted by Crippen LogP contribution is -2.45. The Hall–Kier alpha value is -2.29. The number of carbonyl (C=O) groups excluding carboxylic acids is 1. The standard InChI is InChI=1S/C21H24ClFN4O3/c1-21(2)10-27(3)19(29)17-12(21)6-11(7-14(17)23)18-13(22)8-24-20(26-18)25-15-4-5-30-9-16(15)28/h6-8,15-16,28H,4-5,9-10H2,1-3H3,(H,24,25,26)/t15-,16-/m1/s1. The average molecular weight is 435 g/mol. The van der Waals surface area contributed by atoms with Gasteiger partial charge in [0, 0.05) is 31.2 Å². The van der Waals surface area contributed by atoms with Crippen molar-refractivity contribution in [2.45, 2.75) is 37.8 Å². The number of nitrogens with one attached hydrogen (secondary N) is 1. The summed E-state index contributed by atoms with van der Waals surface area (Å²) in [6.45, 7) is 5.19. The highest BCUT2D eigenvalue weighted by Gasteiger charge is 2.37. The van der Waals surface area contributed by atoms with E-state index in [-0.39, 0.29) is 35.1 Å². The van der Waals surface area contributed by atoms with Gasteiger partial charge in [-0.3, -0.25) is 4.79 Å². The molecule has 1 aromatic carbocycles. The van der Waals surface area contributed by atoms with E-state index in [2.05, 4.69) is 15.3 Å². The van der Waals surface area contributed by atoms with Crippen molar-refractivity contribution >= 4 is 23.5 Å². The molecule has 0 spiro atoms. The number of halogens is 2. The van der Waals surface area contributed by atoms with E-state index in [1.54, 1.807) is 13.1 Å². The summed E-state index contributed by atoms with van der Waals surface area (Å²) in [6.07, 6.45) is 1.38. The van der Waals surface area contributed by atoms with Gasteiger partial charge in [0.05, 0.1) is 41.2 Å². The number of anilines is 1. The number of hydrogen-bond acceptors (Lipinski definition) is 6. The van der Waals surface area contributed by atoms with Gasteiger partial charge in [-0.05, 0) is 24.1 Å². The van der Waals surface area contributed by atoms with Crippen LogP contribution in [0.2, 0.25) is 5.02 Å².